The highest BCUT2D eigenvalue weighted by atomic mass is 35.5. The monoisotopic (exact) mass is 476 g/mol. The Morgan fingerprint density at radius 2 is 1.77 bits per heavy atom. The van der Waals surface area contributed by atoms with E-state index in [0.29, 0.717) is 38.0 Å². The van der Waals surface area contributed by atoms with Crippen molar-refractivity contribution in [2.24, 2.45) is 0 Å². The third-order valence-electron chi connectivity index (χ3n) is 4.63. The Kier molecular flexibility index (Phi) is 5.83. The summed E-state index contributed by atoms with van der Waals surface area (Å²) in [5.74, 6) is -0.477. The van der Waals surface area contributed by atoms with E-state index in [1.807, 2.05) is 6.07 Å². The summed E-state index contributed by atoms with van der Waals surface area (Å²) in [6, 6.07) is 13.6. The number of halogens is 3. The fraction of sp³-hybridized carbons (Fsp3) is 0.0909. The molecule has 0 fully saturated rings. The molecule has 0 bridgehead atoms. The van der Waals surface area contributed by atoms with Crippen LogP contribution in [-0.2, 0) is 9.84 Å². The van der Waals surface area contributed by atoms with Gasteiger partial charge in [0, 0.05) is 17.0 Å². The van der Waals surface area contributed by atoms with Crippen LogP contribution in [0.3, 0.4) is 0 Å². The van der Waals surface area contributed by atoms with Crippen LogP contribution in [0.15, 0.2) is 65.8 Å². The van der Waals surface area contributed by atoms with Crippen LogP contribution in [0.4, 0.5) is 4.39 Å². The van der Waals surface area contributed by atoms with E-state index in [2.05, 4.69) is 9.97 Å². The molecule has 0 saturated carbocycles. The molecule has 4 rings (SSSR count). The van der Waals surface area contributed by atoms with E-state index in [4.69, 9.17) is 27.9 Å². The minimum atomic E-state index is -3.59. The van der Waals surface area contributed by atoms with Crippen LogP contribution in [0.25, 0.3) is 22.2 Å². The van der Waals surface area contributed by atoms with Gasteiger partial charge in [-0.15, -0.1) is 0 Å². The summed E-state index contributed by atoms with van der Waals surface area (Å²) >= 11 is 12.7. The SMILES string of the molecule is CCS(=O)(=O)c1cc(F)cc(Oc2ccc(Cl)c(-c3ncnc4c(Cl)cccc34)c2)c1. The summed E-state index contributed by atoms with van der Waals surface area (Å²) in [6.07, 6.45) is 1.39. The summed E-state index contributed by atoms with van der Waals surface area (Å²) in [4.78, 5) is 8.43. The normalized spacial score (nSPS) is 11.6. The van der Waals surface area contributed by atoms with E-state index >= 15 is 0 Å². The first-order chi connectivity index (χ1) is 14.8. The standard InChI is InChI=1S/C22H15Cl2FN2O3S/c1-2-31(28,29)16-9-13(25)8-15(10-16)30-14-6-7-19(23)18(11-14)21-17-4-3-5-20(24)22(17)27-12-26-21/h3-12H,2H2,1H3. The molecular formula is C22H15Cl2FN2O3S. The highest BCUT2D eigenvalue weighted by molar-refractivity contribution is 7.91. The van der Waals surface area contributed by atoms with Crippen molar-refractivity contribution >= 4 is 43.9 Å². The average Bonchev–Trinajstić information content (AvgIpc) is 2.75. The topological polar surface area (TPSA) is 69.2 Å². The van der Waals surface area contributed by atoms with Gasteiger partial charge in [-0.2, -0.15) is 0 Å². The van der Waals surface area contributed by atoms with Crippen molar-refractivity contribution in [2.45, 2.75) is 11.8 Å². The Hall–Kier alpha value is -2.74. The number of nitrogens with zero attached hydrogens (tertiary/aromatic N) is 2. The molecule has 0 spiro atoms. The van der Waals surface area contributed by atoms with Gasteiger partial charge in [-0.25, -0.2) is 22.8 Å². The Morgan fingerprint density at radius 1 is 0.968 bits per heavy atom. The van der Waals surface area contributed by atoms with E-state index < -0.39 is 15.7 Å². The Balaban J connectivity index is 1.78. The van der Waals surface area contributed by atoms with Crippen molar-refractivity contribution in [1.82, 2.24) is 9.97 Å². The van der Waals surface area contributed by atoms with Gasteiger partial charge in [-0.1, -0.05) is 42.3 Å². The predicted molar refractivity (Wildman–Crippen MR) is 119 cm³/mol. The van der Waals surface area contributed by atoms with E-state index in [1.165, 1.54) is 19.3 Å². The molecule has 0 aliphatic heterocycles. The maximum Gasteiger partial charge on any atom is 0.178 e. The molecule has 0 radical (unpaired) electrons. The lowest BCUT2D eigenvalue weighted by Gasteiger charge is -2.12. The molecule has 5 nitrogen and oxygen atoms in total. The maximum absolute atomic E-state index is 14.0. The molecule has 0 amide bonds. The lowest BCUT2D eigenvalue weighted by molar-refractivity contribution is 0.474. The number of fused-ring (bicyclic) bond motifs is 1. The van der Waals surface area contributed by atoms with Crippen molar-refractivity contribution in [3.05, 3.63) is 76.8 Å². The van der Waals surface area contributed by atoms with Gasteiger partial charge in [-0.3, -0.25) is 0 Å². The fourth-order valence-electron chi connectivity index (χ4n) is 3.09. The highest BCUT2D eigenvalue weighted by Crippen LogP contribution is 2.36. The van der Waals surface area contributed by atoms with Crippen LogP contribution in [0.5, 0.6) is 11.5 Å². The molecule has 0 aliphatic rings. The van der Waals surface area contributed by atoms with Gasteiger partial charge in [0.25, 0.3) is 0 Å². The summed E-state index contributed by atoms with van der Waals surface area (Å²) in [7, 11) is -3.59. The largest absolute Gasteiger partial charge is 0.457 e. The first-order valence-electron chi connectivity index (χ1n) is 9.19. The third-order valence-corrected chi connectivity index (χ3v) is 6.98. The molecule has 31 heavy (non-hydrogen) atoms. The smallest absolute Gasteiger partial charge is 0.178 e. The third kappa shape index (κ3) is 4.35. The summed E-state index contributed by atoms with van der Waals surface area (Å²) in [5.41, 5.74) is 1.69. The molecule has 0 aliphatic carbocycles. The molecule has 1 heterocycles. The number of rotatable bonds is 5. The van der Waals surface area contributed by atoms with Crippen molar-refractivity contribution in [2.75, 3.05) is 5.75 Å². The number of para-hydroxylation sites is 1. The van der Waals surface area contributed by atoms with Crippen molar-refractivity contribution in [1.29, 1.82) is 0 Å². The van der Waals surface area contributed by atoms with Gasteiger partial charge in [0.05, 0.1) is 31.9 Å². The number of aromatic nitrogens is 2. The van der Waals surface area contributed by atoms with Gasteiger partial charge in [-0.05, 0) is 36.4 Å². The Bertz CT molecular complexity index is 1410. The maximum atomic E-state index is 14.0. The molecule has 3 aromatic carbocycles. The van der Waals surface area contributed by atoms with Gasteiger partial charge < -0.3 is 4.74 Å². The second-order valence-corrected chi connectivity index (χ2v) is 9.72. The van der Waals surface area contributed by atoms with Crippen LogP contribution in [-0.4, -0.2) is 24.1 Å². The molecule has 0 N–H and O–H groups in total. The summed E-state index contributed by atoms with van der Waals surface area (Å²) < 4.78 is 44.0. The summed E-state index contributed by atoms with van der Waals surface area (Å²) in [6.45, 7) is 1.49. The summed E-state index contributed by atoms with van der Waals surface area (Å²) in [5, 5.41) is 1.60. The number of hydrogen-bond donors (Lipinski definition) is 0. The van der Waals surface area contributed by atoms with Gasteiger partial charge >= 0.3 is 0 Å². The first kappa shape index (κ1) is 21.5. The van der Waals surface area contributed by atoms with Gasteiger partial charge in [0.2, 0.25) is 0 Å². The van der Waals surface area contributed by atoms with Crippen molar-refractivity contribution < 1.29 is 17.5 Å². The lowest BCUT2D eigenvalue weighted by Crippen LogP contribution is -2.04. The van der Waals surface area contributed by atoms with Crippen LogP contribution in [0.2, 0.25) is 10.0 Å². The highest BCUT2D eigenvalue weighted by Gasteiger charge is 2.16. The molecule has 158 valence electrons. The minimum Gasteiger partial charge on any atom is -0.457 e. The Labute approximate surface area is 188 Å². The quantitative estimate of drug-likeness (QED) is 0.336. The molecule has 4 aromatic rings. The van der Waals surface area contributed by atoms with Crippen LogP contribution in [0, 0.1) is 5.82 Å². The zero-order valence-electron chi connectivity index (χ0n) is 16.1. The number of ether oxygens (including phenoxy) is 1. The van der Waals surface area contributed by atoms with Gasteiger partial charge in [0.1, 0.15) is 23.6 Å². The molecule has 9 heteroatoms. The first-order valence-corrected chi connectivity index (χ1v) is 11.6. The zero-order chi connectivity index (χ0) is 22.2. The molecule has 0 unspecified atom stereocenters. The van der Waals surface area contributed by atoms with Crippen molar-refractivity contribution in [3.8, 4) is 22.8 Å². The second-order valence-electron chi connectivity index (χ2n) is 6.63. The molecule has 0 atom stereocenters. The van der Waals surface area contributed by atoms with Crippen LogP contribution in [0.1, 0.15) is 6.92 Å². The Morgan fingerprint density at radius 3 is 2.55 bits per heavy atom. The molecular weight excluding hydrogens is 462 g/mol. The van der Waals surface area contributed by atoms with E-state index in [1.54, 1.807) is 30.3 Å². The van der Waals surface area contributed by atoms with E-state index in [-0.39, 0.29) is 16.4 Å². The lowest BCUT2D eigenvalue weighted by atomic mass is 10.1. The number of benzene rings is 3. The van der Waals surface area contributed by atoms with Crippen LogP contribution < -0.4 is 4.74 Å². The molecule has 1 aromatic heterocycles. The number of hydrogen-bond acceptors (Lipinski definition) is 5. The minimum absolute atomic E-state index is 0.0517. The number of sulfone groups is 1. The van der Waals surface area contributed by atoms with E-state index in [0.717, 1.165) is 12.1 Å². The molecule has 0 saturated heterocycles. The second kappa shape index (κ2) is 8.42. The van der Waals surface area contributed by atoms with Crippen LogP contribution >= 0.6 is 23.2 Å². The fourth-order valence-corrected chi connectivity index (χ4v) is 4.45. The predicted octanol–water partition coefficient (Wildman–Crippen LogP) is 6.33. The van der Waals surface area contributed by atoms with Gasteiger partial charge in [0.15, 0.2) is 9.84 Å². The zero-order valence-corrected chi connectivity index (χ0v) is 18.5. The average molecular weight is 477 g/mol. The van der Waals surface area contributed by atoms with Crippen molar-refractivity contribution in [3.63, 3.8) is 0 Å². The van der Waals surface area contributed by atoms with E-state index in [9.17, 15) is 12.8 Å².